The fraction of sp³-hybridized carbons (Fsp3) is 0.786. The van der Waals surface area contributed by atoms with Gasteiger partial charge in [-0.2, -0.15) is 0 Å². The Balaban J connectivity index is 4.74. The summed E-state index contributed by atoms with van der Waals surface area (Å²) in [5, 5.41) is 11.9. The molecule has 0 bridgehead atoms. The highest BCUT2D eigenvalue weighted by Crippen LogP contribution is 2.31. The third kappa shape index (κ3) is 4.51. The molecule has 0 aromatic heterocycles. The molecule has 0 saturated carbocycles. The van der Waals surface area contributed by atoms with Gasteiger partial charge in [0.05, 0.1) is 11.3 Å². The minimum Gasteiger partial charge on any atom is -0.481 e. The van der Waals surface area contributed by atoms with Gasteiger partial charge in [0.25, 0.3) is 0 Å². The topological polar surface area (TPSA) is 86.7 Å². The monoisotopic (exact) mass is 286 g/mol. The van der Waals surface area contributed by atoms with Gasteiger partial charge in [-0.3, -0.25) is 14.4 Å². The molecule has 116 valence electrons. The molecule has 0 heterocycles. The van der Waals surface area contributed by atoms with Crippen molar-refractivity contribution in [2.75, 3.05) is 20.6 Å². The molecule has 6 heteroatoms. The van der Waals surface area contributed by atoms with Crippen molar-refractivity contribution in [1.29, 1.82) is 0 Å². The van der Waals surface area contributed by atoms with E-state index in [2.05, 4.69) is 5.32 Å². The lowest BCUT2D eigenvalue weighted by Crippen LogP contribution is -2.41. The van der Waals surface area contributed by atoms with Crippen LogP contribution in [0.25, 0.3) is 0 Å². The molecule has 20 heavy (non-hydrogen) atoms. The summed E-state index contributed by atoms with van der Waals surface area (Å²) in [4.78, 5) is 36.4. The first kappa shape index (κ1) is 18.4. The zero-order valence-corrected chi connectivity index (χ0v) is 13.0. The van der Waals surface area contributed by atoms with Crippen molar-refractivity contribution in [3.63, 3.8) is 0 Å². The molecular formula is C14H26N2O4. The fourth-order valence-electron chi connectivity index (χ4n) is 2.14. The molecule has 0 spiro atoms. The Morgan fingerprint density at radius 3 is 2.10 bits per heavy atom. The maximum atomic E-state index is 12.2. The predicted octanol–water partition coefficient (Wildman–Crippen LogP) is 1.11. The van der Waals surface area contributed by atoms with Gasteiger partial charge < -0.3 is 15.3 Å². The molecule has 2 N–H and O–H groups in total. The third-order valence-electron chi connectivity index (χ3n) is 3.96. The first-order valence-corrected chi connectivity index (χ1v) is 6.93. The van der Waals surface area contributed by atoms with Crippen LogP contribution in [0.2, 0.25) is 0 Å². The fourth-order valence-corrected chi connectivity index (χ4v) is 2.14. The van der Waals surface area contributed by atoms with E-state index in [1.807, 2.05) is 0 Å². The second-order valence-electron chi connectivity index (χ2n) is 5.26. The van der Waals surface area contributed by atoms with E-state index in [0.29, 0.717) is 12.8 Å². The van der Waals surface area contributed by atoms with Crippen LogP contribution in [0.4, 0.5) is 0 Å². The summed E-state index contributed by atoms with van der Waals surface area (Å²) in [6.45, 7) is 5.56. The minimum atomic E-state index is -1.01. The van der Waals surface area contributed by atoms with Gasteiger partial charge in [0.15, 0.2) is 0 Å². The van der Waals surface area contributed by atoms with Crippen LogP contribution < -0.4 is 5.32 Å². The largest absolute Gasteiger partial charge is 0.481 e. The van der Waals surface area contributed by atoms with Crippen molar-refractivity contribution >= 4 is 17.8 Å². The van der Waals surface area contributed by atoms with Gasteiger partial charge in [0, 0.05) is 27.1 Å². The van der Waals surface area contributed by atoms with Crippen molar-refractivity contribution in [2.45, 2.75) is 40.0 Å². The summed E-state index contributed by atoms with van der Waals surface area (Å²) in [6.07, 6.45) is 0.777. The van der Waals surface area contributed by atoms with Crippen LogP contribution in [0, 0.1) is 11.3 Å². The number of carboxylic acid groups (broad SMARTS) is 1. The van der Waals surface area contributed by atoms with Crippen LogP contribution in [0.15, 0.2) is 0 Å². The van der Waals surface area contributed by atoms with Crippen LogP contribution in [-0.4, -0.2) is 48.4 Å². The van der Waals surface area contributed by atoms with Crippen molar-refractivity contribution in [1.82, 2.24) is 10.2 Å². The van der Waals surface area contributed by atoms with E-state index in [1.165, 1.54) is 4.90 Å². The molecule has 0 aromatic rings. The van der Waals surface area contributed by atoms with Gasteiger partial charge in [-0.25, -0.2) is 0 Å². The van der Waals surface area contributed by atoms with Crippen LogP contribution in [0.5, 0.6) is 0 Å². The maximum Gasteiger partial charge on any atom is 0.310 e. The predicted molar refractivity (Wildman–Crippen MR) is 76.1 cm³/mol. The number of rotatable bonds is 8. The summed E-state index contributed by atoms with van der Waals surface area (Å²) in [7, 11) is 3.14. The Morgan fingerprint density at radius 2 is 1.75 bits per heavy atom. The van der Waals surface area contributed by atoms with E-state index in [4.69, 9.17) is 0 Å². The van der Waals surface area contributed by atoms with Gasteiger partial charge in [-0.15, -0.1) is 0 Å². The van der Waals surface area contributed by atoms with Crippen LogP contribution >= 0.6 is 0 Å². The van der Waals surface area contributed by atoms with E-state index in [1.54, 1.807) is 34.9 Å². The molecule has 2 amide bonds. The van der Waals surface area contributed by atoms with Crippen molar-refractivity contribution in [2.24, 2.45) is 11.3 Å². The number of amides is 2. The number of carbonyl (C=O) groups is 3. The van der Waals surface area contributed by atoms with Crippen LogP contribution in [0.3, 0.4) is 0 Å². The molecule has 0 aliphatic heterocycles. The molecule has 0 aliphatic carbocycles. The zero-order valence-electron chi connectivity index (χ0n) is 13.0. The van der Waals surface area contributed by atoms with E-state index < -0.39 is 11.4 Å². The second-order valence-corrected chi connectivity index (χ2v) is 5.26. The van der Waals surface area contributed by atoms with Crippen LogP contribution in [0.1, 0.15) is 40.0 Å². The van der Waals surface area contributed by atoms with Crippen molar-refractivity contribution in [3.8, 4) is 0 Å². The summed E-state index contributed by atoms with van der Waals surface area (Å²) < 4.78 is 0. The van der Waals surface area contributed by atoms with Crippen molar-refractivity contribution in [3.05, 3.63) is 0 Å². The summed E-state index contributed by atoms with van der Waals surface area (Å²) in [5.41, 5.74) is -1.01. The molecule has 0 fully saturated rings. The van der Waals surface area contributed by atoms with Gasteiger partial charge in [0.1, 0.15) is 0 Å². The highest BCUT2D eigenvalue weighted by Gasteiger charge is 2.38. The average Bonchev–Trinajstić information content (AvgIpc) is 2.42. The number of aliphatic carboxylic acids is 1. The Morgan fingerprint density at radius 1 is 1.25 bits per heavy atom. The minimum absolute atomic E-state index is 0.0354. The maximum absolute atomic E-state index is 12.2. The Labute approximate surface area is 120 Å². The standard InChI is InChI=1S/C14H26N2O4/c1-6-14(7-2,13(19)20)8-11(17)16(5)9-10(3)12(18)15-4/h10H,6-9H2,1-5H3,(H,15,18)(H,19,20). The smallest absolute Gasteiger partial charge is 0.310 e. The first-order valence-electron chi connectivity index (χ1n) is 6.93. The van der Waals surface area contributed by atoms with E-state index in [-0.39, 0.29) is 30.7 Å². The normalized spacial score (nSPS) is 12.7. The Hall–Kier alpha value is -1.59. The van der Waals surface area contributed by atoms with E-state index in [9.17, 15) is 19.5 Å². The molecule has 0 aromatic carbocycles. The molecule has 1 unspecified atom stereocenters. The SMILES string of the molecule is CCC(CC)(CC(=O)N(C)CC(C)C(=O)NC)C(=O)O. The van der Waals surface area contributed by atoms with Crippen molar-refractivity contribution < 1.29 is 19.5 Å². The van der Waals surface area contributed by atoms with Gasteiger partial charge in [-0.05, 0) is 12.8 Å². The molecule has 0 aliphatic rings. The lowest BCUT2D eigenvalue weighted by atomic mass is 9.79. The third-order valence-corrected chi connectivity index (χ3v) is 3.96. The number of nitrogens with zero attached hydrogens (tertiary/aromatic N) is 1. The first-order chi connectivity index (χ1) is 9.23. The highest BCUT2D eigenvalue weighted by molar-refractivity contribution is 5.85. The quantitative estimate of drug-likeness (QED) is 0.699. The molecular weight excluding hydrogens is 260 g/mol. The van der Waals surface area contributed by atoms with E-state index in [0.717, 1.165) is 0 Å². The Bertz CT molecular complexity index is 364. The lowest BCUT2D eigenvalue weighted by molar-refractivity contribution is -0.154. The average molecular weight is 286 g/mol. The second kappa shape index (κ2) is 7.87. The number of carbonyl (C=O) groups excluding carboxylic acids is 2. The number of hydrogen-bond donors (Lipinski definition) is 2. The number of nitrogens with one attached hydrogen (secondary N) is 1. The molecule has 1 atom stereocenters. The van der Waals surface area contributed by atoms with E-state index >= 15 is 0 Å². The zero-order chi connectivity index (χ0) is 15.9. The number of hydrogen-bond acceptors (Lipinski definition) is 3. The highest BCUT2D eigenvalue weighted by atomic mass is 16.4. The van der Waals surface area contributed by atoms with Crippen LogP contribution in [-0.2, 0) is 14.4 Å². The number of carboxylic acids is 1. The molecule has 0 rings (SSSR count). The van der Waals surface area contributed by atoms with Gasteiger partial charge in [0.2, 0.25) is 11.8 Å². The van der Waals surface area contributed by atoms with Gasteiger partial charge >= 0.3 is 5.97 Å². The molecule has 0 radical (unpaired) electrons. The summed E-state index contributed by atoms with van der Waals surface area (Å²) in [5.74, 6) is -1.65. The molecule has 6 nitrogen and oxygen atoms in total. The molecule has 0 saturated heterocycles. The summed E-state index contributed by atoms with van der Waals surface area (Å²) >= 11 is 0. The summed E-state index contributed by atoms with van der Waals surface area (Å²) in [6, 6.07) is 0. The lowest BCUT2D eigenvalue weighted by Gasteiger charge is -2.29. The Kier molecular flexibility index (Phi) is 7.24. The van der Waals surface area contributed by atoms with Gasteiger partial charge in [-0.1, -0.05) is 20.8 Å².